The van der Waals surface area contributed by atoms with Crippen molar-refractivity contribution in [3.8, 4) is 59.4 Å². The fourth-order valence-electron chi connectivity index (χ4n) is 6.52. The molecule has 0 saturated carbocycles. The first-order valence-electron chi connectivity index (χ1n) is 28.0. The minimum atomic E-state index is -5.84. The number of aromatic carboxylic acids is 1. The molecule has 0 fully saturated rings. The van der Waals surface area contributed by atoms with Crippen LogP contribution in [-0.2, 0) is 27.9 Å². The number of aryl methyl sites for hydroxylation is 4. The van der Waals surface area contributed by atoms with Crippen LogP contribution in [0, 0.1) is 52.4 Å². The number of rotatable bonds is 11. The molecule has 10 rings (SSSR count). The van der Waals surface area contributed by atoms with E-state index in [1.165, 1.54) is 35.8 Å². The lowest BCUT2D eigenvalue weighted by molar-refractivity contribution is -0.156. The number of Topliss-reactive ketones (excluding diaryl/α,β-unsaturated/α-hetero) is 2. The van der Waals surface area contributed by atoms with Gasteiger partial charge in [0.05, 0.1) is 67.2 Å². The van der Waals surface area contributed by atoms with E-state index < -0.39 is 34.1 Å². The minimum Gasteiger partial charge on any atom is -0.476 e. The number of nitrogens with two attached hydrogens (primary N) is 3. The lowest BCUT2D eigenvalue weighted by atomic mass is 10.0. The third kappa shape index (κ3) is 34.5. The number of carbonyl (C=O) groups excluding carboxylic acids is 3. The highest BCUT2D eigenvalue weighted by molar-refractivity contribution is 9.11. The number of benzene rings is 2. The van der Waals surface area contributed by atoms with E-state index in [9.17, 15) is 40.7 Å². The van der Waals surface area contributed by atoms with Gasteiger partial charge < -0.3 is 35.6 Å². The van der Waals surface area contributed by atoms with Crippen LogP contribution < -0.4 is 17.2 Å². The largest absolute Gasteiger partial charge is 0.522 e. The van der Waals surface area contributed by atoms with Crippen molar-refractivity contribution in [1.82, 2.24) is 39.9 Å². The van der Waals surface area contributed by atoms with Crippen LogP contribution in [-0.4, -0.2) is 100 Å². The van der Waals surface area contributed by atoms with Crippen LogP contribution in [0.15, 0.2) is 154 Å². The average Bonchev–Trinajstić information content (AvgIpc) is 0.931. The maximum atomic E-state index is 12.4. The second-order valence-electron chi connectivity index (χ2n) is 19.4. The van der Waals surface area contributed by atoms with Gasteiger partial charge in [-0.2, -0.15) is 34.8 Å². The van der Waals surface area contributed by atoms with Gasteiger partial charge in [0.15, 0.2) is 17.3 Å². The van der Waals surface area contributed by atoms with Crippen molar-refractivity contribution in [2.45, 2.75) is 65.2 Å². The molecule has 8 heterocycles. The first-order valence-corrected chi connectivity index (χ1v) is 34.9. The fraction of sp³-hybridized carbons (Fsp3) is 0.169. The molecule has 0 radical (unpaired) electrons. The number of carboxylic acid groups (broad SMARTS) is 1. The van der Waals surface area contributed by atoms with E-state index in [1.807, 2.05) is 13.8 Å². The zero-order valence-electron chi connectivity index (χ0n) is 53.6. The summed E-state index contributed by atoms with van der Waals surface area (Å²) in [5.41, 5.74) is 16.0. The average molecular weight is 1840 g/mol. The standard InChI is InChI=1S/C17H11BrCl2N2O2.C10H7BrClNO.C9H6BrClN2O.C9H8ClN3O.C8H11N.C6H3BrClNO2.C3H5N.C2HF3O.CHF3O3S/c1-9-7-22-17(24-9)16-14(20)4-10(8-21-16)5-15(23)12-3-2-11(18)6-13(12)19;1-2-3-4-9(14)10-8(12)5-7(11)6-13-10;1-5-3-13-9(14-5)8-7(11)2-6(10)4-12-8;1-5-3-13-9(14-5)8-7(10)2-6(11)4-12-8;1-7-2-4-8(6-9)5-3-7;7-3-1-4(8)5(6(10)11)9-2-3;1-2-3-4;3-2(4,5)1-6;2-1(3,4)8(5,6)7/h2-4,6-8H,5H2,1H3;1,5-6H,3-4H2;2-4H,1H3;2-4H,11H2,1H3;2-5H,6,9H2,1H3;1-2H,(H,10,11);1H,3-4H2;1H;(H,5,6,7). The van der Waals surface area contributed by atoms with Gasteiger partial charge in [-0.15, -0.1) is 18.8 Å². The molecule has 39 heteroatoms. The van der Waals surface area contributed by atoms with E-state index in [-0.39, 0.29) is 40.8 Å². The molecule has 0 amide bonds. The Balaban J connectivity index is 0.000000413. The number of carboxylic acids is 1. The molecule has 0 aliphatic heterocycles. The number of carbonyl (C=O) groups is 4. The van der Waals surface area contributed by atoms with E-state index >= 15 is 0 Å². The zero-order chi connectivity index (χ0) is 78.8. The molecule has 10 aromatic rings. The number of nitrogens with zero attached hydrogens (tertiary/aromatic N) is 8. The molecule has 8 N–H and O–H groups in total. The highest BCUT2D eigenvalue weighted by Gasteiger charge is 2.44. The summed E-state index contributed by atoms with van der Waals surface area (Å²) in [4.78, 5) is 75.1. The molecule has 0 saturated heterocycles. The third-order valence-electron chi connectivity index (χ3n) is 11.1. The summed E-state index contributed by atoms with van der Waals surface area (Å²) in [5, 5.41) is 10.7. The molecule has 8 aromatic heterocycles. The molecule has 0 unspecified atom stereocenters. The van der Waals surface area contributed by atoms with Crippen LogP contribution in [0.1, 0.15) is 78.1 Å². The van der Waals surface area contributed by atoms with Crippen LogP contribution in [0.5, 0.6) is 0 Å². The molecule has 104 heavy (non-hydrogen) atoms. The highest BCUT2D eigenvalue weighted by atomic mass is 79.9. The predicted octanol–water partition coefficient (Wildman–Crippen LogP) is 18.7. The number of terminal acetylenes is 2. The Bertz CT molecular complexity index is 4640. The molecular formula is C65H53Br4Cl6F6N11O11S. The third-order valence-corrected chi connectivity index (χ3v) is 15.2. The van der Waals surface area contributed by atoms with Gasteiger partial charge >= 0.3 is 27.8 Å². The van der Waals surface area contributed by atoms with E-state index in [4.69, 9.17) is 129 Å². The maximum Gasteiger partial charge on any atom is 0.522 e. The molecule has 0 aliphatic rings. The van der Waals surface area contributed by atoms with Crippen molar-refractivity contribution in [2.24, 2.45) is 11.5 Å². The zero-order valence-corrected chi connectivity index (χ0v) is 65.3. The second kappa shape index (κ2) is 45.6. The van der Waals surface area contributed by atoms with Gasteiger partial charge in [0.2, 0.25) is 24.0 Å². The van der Waals surface area contributed by atoms with E-state index in [1.54, 1.807) is 80.4 Å². The number of ketones is 2. The number of halogens is 16. The van der Waals surface area contributed by atoms with Crippen LogP contribution in [0.25, 0.3) is 34.8 Å². The number of pyridine rings is 5. The summed E-state index contributed by atoms with van der Waals surface area (Å²) in [6.45, 7) is 8.48. The second-order valence-corrected chi connectivity index (χ2v) is 26.9. The summed E-state index contributed by atoms with van der Waals surface area (Å²) in [5.74, 6) is 6.59. The SMILES string of the molecule is C#CCCC(=O)c1ncc(Br)cc1Cl.C#CCN.Cc1ccc(CN)cc1.Cc1cnc(-c2ncc(Br)cc2Cl)o1.Cc1cnc(-c2ncc(CC(=O)c3ccc(Br)cc3Cl)cc2Cl)o1.Cc1cnc(-c2ncc(N)cc2Cl)o1.O=C(O)c1ncc(Br)cc1Cl.O=CC(F)(F)F.O=S(=O)(O)C(F)(F)F. The lowest BCUT2D eigenvalue weighted by Gasteiger charge is -2.06. The number of anilines is 1. The van der Waals surface area contributed by atoms with Crippen molar-refractivity contribution in [3.63, 3.8) is 0 Å². The monoisotopic (exact) mass is 1830 g/mol. The van der Waals surface area contributed by atoms with Gasteiger partial charge in [-0.05, 0) is 135 Å². The van der Waals surface area contributed by atoms with E-state index in [2.05, 4.69) is 153 Å². The number of alkyl halides is 6. The Labute approximate surface area is 653 Å². The Hall–Kier alpha value is -7.71. The molecule has 2 aromatic carbocycles. The van der Waals surface area contributed by atoms with Crippen LogP contribution in [0.2, 0.25) is 30.1 Å². The molecular weight excluding hydrogens is 1790 g/mol. The Morgan fingerprint density at radius 2 is 0.942 bits per heavy atom. The summed E-state index contributed by atoms with van der Waals surface area (Å²) < 4.78 is 108. The lowest BCUT2D eigenvalue weighted by Crippen LogP contribution is -2.21. The van der Waals surface area contributed by atoms with Crippen molar-refractivity contribution in [1.29, 1.82) is 0 Å². The number of aromatic nitrogens is 8. The number of hydrogen-bond acceptors (Lipinski definition) is 20. The van der Waals surface area contributed by atoms with Crippen molar-refractivity contribution >= 4 is 173 Å². The molecule has 0 bridgehead atoms. The smallest absolute Gasteiger partial charge is 0.476 e. The normalized spacial score (nSPS) is 10.4. The van der Waals surface area contributed by atoms with Gasteiger partial charge in [-0.25, -0.2) is 39.7 Å². The summed E-state index contributed by atoms with van der Waals surface area (Å²) in [7, 11) is -5.84. The Kier molecular flexibility index (Phi) is 40.5. The summed E-state index contributed by atoms with van der Waals surface area (Å²) in [6, 6.07) is 21.6. The fourth-order valence-corrected chi connectivity index (χ4v) is 9.98. The first-order chi connectivity index (χ1) is 48.6. The Morgan fingerprint density at radius 3 is 1.29 bits per heavy atom. The van der Waals surface area contributed by atoms with Gasteiger partial charge in [0.1, 0.15) is 40.1 Å². The topological polar surface area (TPSA) is 363 Å². The maximum absolute atomic E-state index is 12.4. The van der Waals surface area contributed by atoms with E-state index in [0.717, 1.165) is 24.9 Å². The first kappa shape index (κ1) is 92.4. The minimum absolute atomic E-state index is 0.106. The van der Waals surface area contributed by atoms with Crippen molar-refractivity contribution in [2.75, 3.05) is 12.3 Å². The summed E-state index contributed by atoms with van der Waals surface area (Å²) in [6.07, 6.45) is 17.4. The van der Waals surface area contributed by atoms with Gasteiger partial charge in [0, 0.05) is 74.0 Å². The van der Waals surface area contributed by atoms with Gasteiger partial charge in [0.25, 0.3) is 0 Å². The van der Waals surface area contributed by atoms with Crippen LogP contribution in [0.3, 0.4) is 0 Å². The molecule has 0 spiro atoms. The van der Waals surface area contributed by atoms with Crippen molar-refractivity contribution < 1.29 is 76.8 Å². The number of oxazole rings is 3. The molecule has 0 atom stereocenters. The molecule has 0 aliphatic carbocycles. The molecule has 22 nitrogen and oxygen atoms in total. The predicted molar refractivity (Wildman–Crippen MR) is 398 cm³/mol. The number of hydrogen-bond donors (Lipinski definition) is 5. The van der Waals surface area contributed by atoms with Gasteiger partial charge in [-0.1, -0.05) is 121 Å². The van der Waals surface area contributed by atoms with Crippen LogP contribution in [0.4, 0.5) is 32.0 Å². The quantitative estimate of drug-likeness (QED) is 0.0200. The number of aldehydes is 1. The van der Waals surface area contributed by atoms with Crippen molar-refractivity contribution in [3.05, 3.63) is 221 Å². The Morgan fingerprint density at radius 1 is 0.548 bits per heavy atom. The van der Waals surface area contributed by atoms with E-state index in [0.29, 0.717) is 106 Å². The van der Waals surface area contributed by atoms with Crippen LogP contribution >= 0.6 is 133 Å². The highest BCUT2D eigenvalue weighted by Crippen LogP contribution is 2.31. The number of nitrogen functional groups attached to an aromatic ring is 1. The van der Waals surface area contributed by atoms with Gasteiger partial charge in [-0.3, -0.25) is 23.9 Å². The summed E-state index contributed by atoms with van der Waals surface area (Å²) >= 11 is 48.6. The molecule has 552 valence electrons.